The molecule has 0 N–H and O–H groups in total. The zero-order valence-electron chi connectivity index (χ0n) is 30.0. The first-order chi connectivity index (χ1) is 27.3. The van der Waals surface area contributed by atoms with Crippen molar-refractivity contribution >= 4 is 0 Å². The van der Waals surface area contributed by atoms with Crippen LogP contribution in [-0.2, 0) is 5.41 Å². The molecule has 2 nitrogen and oxygen atoms in total. The lowest BCUT2D eigenvalue weighted by atomic mass is 9.70. The second-order valence-corrected chi connectivity index (χ2v) is 14.5. The summed E-state index contributed by atoms with van der Waals surface area (Å²) in [6.07, 6.45) is 0. The quantitative estimate of drug-likeness (QED) is 0.179. The molecule has 11 rings (SSSR count). The van der Waals surface area contributed by atoms with Gasteiger partial charge in [0.15, 0.2) is 5.82 Å². The van der Waals surface area contributed by atoms with E-state index in [-0.39, 0.29) is 0 Å². The Morgan fingerprint density at radius 2 is 0.655 bits per heavy atom. The zero-order chi connectivity index (χ0) is 36.3. The van der Waals surface area contributed by atoms with Crippen LogP contribution in [0.15, 0.2) is 206 Å². The third kappa shape index (κ3) is 4.89. The monoisotopic (exact) mass is 698 g/mol. The molecule has 9 aromatic rings. The Balaban J connectivity index is 1.15. The Labute approximate surface area is 321 Å². The van der Waals surface area contributed by atoms with Crippen molar-refractivity contribution in [1.29, 1.82) is 0 Å². The number of hydrogen-bond acceptors (Lipinski definition) is 2. The van der Waals surface area contributed by atoms with Crippen LogP contribution in [0.5, 0.6) is 0 Å². The van der Waals surface area contributed by atoms with Gasteiger partial charge in [-0.05, 0) is 97.1 Å². The van der Waals surface area contributed by atoms with Gasteiger partial charge in [0.2, 0.25) is 0 Å². The molecule has 1 spiro atoms. The van der Waals surface area contributed by atoms with Crippen LogP contribution in [0, 0.1) is 0 Å². The second kappa shape index (κ2) is 12.5. The van der Waals surface area contributed by atoms with Crippen LogP contribution >= 0.6 is 0 Å². The van der Waals surface area contributed by atoms with Gasteiger partial charge in [0.1, 0.15) is 0 Å². The van der Waals surface area contributed by atoms with Gasteiger partial charge >= 0.3 is 0 Å². The summed E-state index contributed by atoms with van der Waals surface area (Å²) in [5.74, 6) is 0.696. The molecule has 0 atom stereocenters. The van der Waals surface area contributed by atoms with Crippen LogP contribution in [0.3, 0.4) is 0 Å². The lowest BCUT2D eigenvalue weighted by Crippen LogP contribution is -2.25. The van der Waals surface area contributed by atoms with Crippen LogP contribution in [0.4, 0.5) is 0 Å². The van der Waals surface area contributed by atoms with Crippen molar-refractivity contribution in [2.75, 3.05) is 0 Å². The summed E-state index contributed by atoms with van der Waals surface area (Å²) >= 11 is 0. The normalized spacial score (nSPS) is 12.9. The summed E-state index contributed by atoms with van der Waals surface area (Å²) in [5, 5.41) is 0. The van der Waals surface area contributed by atoms with E-state index in [4.69, 9.17) is 9.97 Å². The number of nitrogens with zero attached hydrogens (tertiary/aromatic N) is 2. The first kappa shape index (κ1) is 31.4. The summed E-state index contributed by atoms with van der Waals surface area (Å²) in [6.45, 7) is 0. The molecule has 0 aliphatic heterocycles. The van der Waals surface area contributed by atoms with Crippen LogP contribution in [0.2, 0.25) is 0 Å². The average molecular weight is 699 g/mol. The molecular weight excluding hydrogens is 665 g/mol. The number of rotatable bonds is 5. The molecule has 2 aliphatic rings. The maximum atomic E-state index is 5.44. The Bertz CT molecular complexity index is 2790. The number of hydrogen-bond donors (Lipinski definition) is 0. The van der Waals surface area contributed by atoms with Crippen LogP contribution in [0.25, 0.3) is 78.4 Å². The molecule has 55 heavy (non-hydrogen) atoms. The molecular formula is C53H34N2. The van der Waals surface area contributed by atoms with Gasteiger partial charge in [0, 0.05) is 16.7 Å². The highest BCUT2D eigenvalue weighted by molar-refractivity contribution is 5.96. The van der Waals surface area contributed by atoms with Crippen molar-refractivity contribution in [2.45, 2.75) is 5.41 Å². The molecule has 0 bridgehead atoms. The number of fused-ring (bicyclic) bond motifs is 10. The predicted octanol–water partition coefficient (Wildman–Crippen LogP) is 13.2. The first-order valence-corrected chi connectivity index (χ1v) is 18.9. The van der Waals surface area contributed by atoms with Crippen molar-refractivity contribution in [1.82, 2.24) is 9.97 Å². The minimum absolute atomic E-state index is 0.429. The predicted molar refractivity (Wildman–Crippen MR) is 226 cm³/mol. The van der Waals surface area contributed by atoms with E-state index in [1.807, 2.05) is 0 Å². The van der Waals surface area contributed by atoms with Gasteiger partial charge in [-0.25, -0.2) is 9.97 Å². The van der Waals surface area contributed by atoms with Crippen molar-refractivity contribution in [2.24, 2.45) is 0 Å². The molecule has 0 radical (unpaired) electrons. The van der Waals surface area contributed by atoms with Gasteiger partial charge in [0.25, 0.3) is 0 Å². The first-order valence-electron chi connectivity index (χ1n) is 18.9. The molecule has 1 heterocycles. The Morgan fingerprint density at radius 3 is 1.16 bits per heavy atom. The van der Waals surface area contributed by atoms with E-state index in [0.29, 0.717) is 5.82 Å². The minimum atomic E-state index is -0.429. The Kier molecular flexibility index (Phi) is 7.11. The zero-order valence-corrected chi connectivity index (χ0v) is 30.0. The molecule has 0 saturated carbocycles. The van der Waals surface area contributed by atoms with E-state index in [1.165, 1.54) is 44.5 Å². The summed E-state index contributed by atoms with van der Waals surface area (Å²) in [6, 6.07) is 74.4. The fourth-order valence-corrected chi connectivity index (χ4v) is 9.09. The van der Waals surface area contributed by atoms with Gasteiger partial charge in [-0.15, -0.1) is 0 Å². The van der Waals surface area contributed by atoms with Crippen molar-refractivity contribution in [3.05, 3.63) is 229 Å². The molecule has 2 aliphatic carbocycles. The van der Waals surface area contributed by atoms with Crippen molar-refractivity contribution in [3.63, 3.8) is 0 Å². The highest BCUT2D eigenvalue weighted by Crippen LogP contribution is 2.63. The fourth-order valence-electron chi connectivity index (χ4n) is 9.09. The number of aromatic nitrogens is 2. The van der Waals surface area contributed by atoms with E-state index < -0.39 is 5.41 Å². The fraction of sp³-hybridized carbons (Fsp3) is 0.0189. The van der Waals surface area contributed by atoms with Crippen LogP contribution in [0.1, 0.15) is 22.3 Å². The maximum Gasteiger partial charge on any atom is 0.160 e. The molecule has 0 amide bonds. The Morgan fingerprint density at radius 1 is 0.255 bits per heavy atom. The lowest BCUT2D eigenvalue weighted by Gasteiger charge is -2.30. The number of benzene rings is 8. The van der Waals surface area contributed by atoms with Crippen LogP contribution in [-0.4, -0.2) is 9.97 Å². The minimum Gasteiger partial charge on any atom is -0.228 e. The molecule has 256 valence electrons. The standard InChI is InChI=1S/C53H34N2/c1-4-16-35(17-5-1)39-30-40(36-18-6-2-7-19-36)32-41(31-39)52-54-50(37-20-8-3-9-21-37)34-51(55-52)38-28-29-45-44-24-12-15-27-48(44)53(49(45)33-38)46-25-13-10-22-42(46)43-23-11-14-26-47(43)53/h1-34H. The smallest absolute Gasteiger partial charge is 0.160 e. The highest BCUT2D eigenvalue weighted by atomic mass is 14.9. The highest BCUT2D eigenvalue weighted by Gasteiger charge is 2.51. The third-order valence-electron chi connectivity index (χ3n) is 11.5. The average Bonchev–Trinajstić information content (AvgIpc) is 3.74. The summed E-state index contributed by atoms with van der Waals surface area (Å²) in [7, 11) is 0. The van der Waals surface area contributed by atoms with Crippen molar-refractivity contribution < 1.29 is 0 Å². The van der Waals surface area contributed by atoms with E-state index in [0.717, 1.165) is 50.3 Å². The molecule has 0 saturated heterocycles. The molecule has 0 fully saturated rings. The maximum absolute atomic E-state index is 5.44. The van der Waals surface area contributed by atoms with E-state index in [9.17, 15) is 0 Å². The van der Waals surface area contributed by atoms with Crippen molar-refractivity contribution in [3.8, 4) is 78.4 Å². The SMILES string of the molecule is c1ccc(-c2cc(-c3ccccc3)cc(-c3nc(-c4ccccc4)cc(-c4ccc5c(c4)C4(c6ccccc6-c6ccccc64)c4ccccc4-5)n3)c2)cc1. The molecule has 8 aromatic carbocycles. The van der Waals surface area contributed by atoms with Gasteiger partial charge in [-0.3, -0.25) is 0 Å². The van der Waals surface area contributed by atoms with E-state index in [1.54, 1.807) is 0 Å². The van der Waals surface area contributed by atoms with E-state index >= 15 is 0 Å². The van der Waals surface area contributed by atoms with E-state index in [2.05, 4.69) is 206 Å². The largest absolute Gasteiger partial charge is 0.228 e. The Hall–Kier alpha value is -7.16. The topological polar surface area (TPSA) is 25.8 Å². The second-order valence-electron chi connectivity index (χ2n) is 14.5. The summed E-state index contributed by atoms with van der Waals surface area (Å²) < 4.78 is 0. The molecule has 2 heteroatoms. The van der Waals surface area contributed by atoms with Gasteiger partial charge in [0.05, 0.1) is 16.8 Å². The van der Waals surface area contributed by atoms with Gasteiger partial charge < -0.3 is 0 Å². The van der Waals surface area contributed by atoms with Gasteiger partial charge in [-0.2, -0.15) is 0 Å². The summed E-state index contributed by atoms with van der Waals surface area (Å²) in [4.78, 5) is 10.7. The molecule has 0 unspecified atom stereocenters. The van der Waals surface area contributed by atoms with Gasteiger partial charge in [-0.1, -0.05) is 176 Å². The third-order valence-corrected chi connectivity index (χ3v) is 11.5. The van der Waals surface area contributed by atoms with Crippen LogP contribution < -0.4 is 0 Å². The lowest BCUT2D eigenvalue weighted by molar-refractivity contribution is 0.794. The summed E-state index contributed by atoms with van der Waals surface area (Å²) in [5.41, 5.74) is 19.5. The molecule has 1 aromatic heterocycles.